The lowest BCUT2D eigenvalue weighted by atomic mass is 9.49. The van der Waals surface area contributed by atoms with Crippen LogP contribution in [0.1, 0.15) is 81.5 Å². The zero-order valence-corrected chi connectivity index (χ0v) is 25.5. The third-order valence-electron chi connectivity index (χ3n) is 9.64. The summed E-state index contributed by atoms with van der Waals surface area (Å²) < 4.78 is 0. The van der Waals surface area contributed by atoms with Gasteiger partial charge in [-0.2, -0.15) is 0 Å². The van der Waals surface area contributed by atoms with Gasteiger partial charge in [0.25, 0.3) is 0 Å². The van der Waals surface area contributed by atoms with Gasteiger partial charge in [-0.25, -0.2) is 0 Å². The first-order valence-electron chi connectivity index (χ1n) is 14.8. The number of benzene rings is 3. The highest BCUT2D eigenvalue weighted by Crippen LogP contribution is 2.57. The lowest BCUT2D eigenvalue weighted by Gasteiger charge is -2.54. The summed E-state index contributed by atoms with van der Waals surface area (Å²) in [4.78, 5) is 28.0. The Labute approximate surface area is 253 Å². The molecule has 0 heterocycles. The van der Waals surface area contributed by atoms with Crippen molar-refractivity contribution in [3.63, 3.8) is 0 Å². The molecule has 220 valence electrons. The molecule has 0 saturated heterocycles. The summed E-state index contributed by atoms with van der Waals surface area (Å²) in [7, 11) is 0. The largest absolute Gasteiger partial charge is 0.411 e. The highest BCUT2D eigenvalue weighted by Gasteiger charge is 2.56. The molecule has 3 aromatic carbocycles. The number of carbonyl (C=O) groups excluding carboxylic acids is 2. The first-order chi connectivity index (χ1) is 20.1. The molecular formula is C35H40ClN3O3. The molecule has 6 nitrogen and oxygen atoms in total. The quantitative estimate of drug-likeness (QED) is 0.198. The van der Waals surface area contributed by atoms with E-state index < -0.39 is 11.5 Å². The summed E-state index contributed by atoms with van der Waals surface area (Å²) in [5.41, 5.74) is 4.31. The van der Waals surface area contributed by atoms with E-state index in [2.05, 4.69) is 54.8 Å². The SMILES string of the molecule is CC(C)c1ccc2c(c1)/C(=N\O)C[C@H]1[C@](C)(C(=O)N[C@@H](Cc3ccccc3)C(=O)Nc3ccccc3Cl)CCC[C@]21C. The minimum absolute atomic E-state index is 0.106. The lowest BCUT2D eigenvalue weighted by molar-refractivity contribution is -0.140. The fourth-order valence-corrected chi connectivity index (χ4v) is 7.32. The van der Waals surface area contributed by atoms with Crippen molar-refractivity contribution in [3.8, 4) is 0 Å². The van der Waals surface area contributed by atoms with Crippen molar-refractivity contribution >= 4 is 34.8 Å². The van der Waals surface area contributed by atoms with Gasteiger partial charge in [0.2, 0.25) is 11.8 Å². The summed E-state index contributed by atoms with van der Waals surface area (Å²) >= 11 is 6.34. The van der Waals surface area contributed by atoms with Crippen LogP contribution in [0, 0.1) is 11.3 Å². The summed E-state index contributed by atoms with van der Waals surface area (Å²) in [6, 6.07) is 22.4. The fourth-order valence-electron chi connectivity index (χ4n) is 7.14. The van der Waals surface area contributed by atoms with Gasteiger partial charge < -0.3 is 15.8 Å². The number of nitrogens with one attached hydrogen (secondary N) is 2. The van der Waals surface area contributed by atoms with E-state index in [1.165, 1.54) is 5.56 Å². The zero-order valence-electron chi connectivity index (χ0n) is 24.8. The average molecular weight is 586 g/mol. The van der Waals surface area contributed by atoms with E-state index in [0.29, 0.717) is 41.6 Å². The number of para-hydroxylation sites is 1. The smallest absolute Gasteiger partial charge is 0.247 e. The maximum Gasteiger partial charge on any atom is 0.247 e. The Morgan fingerprint density at radius 1 is 1.02 bits per heavy atom. The van der Waals surface area contributed by atoms with E-state index in [1.54, 1.807) is 18.2 Å². The molecule has 2 aliphatic carbocycles. The van der Waals surface area contributed by atoms with Crippen LogP contribution in [0.2, 0.25) is 5.02 Å². The third kappa shape index (κ3) is 5.57. The van der Waals surface area contributed by atoms with Gasteiger partial charge in [-0.3, -0.25) is 9.59 Å². The Morgan fingerprint density at radius 3 is 2.43 bits per heavy atom. The molecule has 2 aliphatic rings. The van der Waals surface area contributed by atoms with E-state index >= 15 is 0 Å². The Balaban J connectivity index is 1.47. The third-order valence-corrected chi connectivity index (χ3v) is 9.97. The molecule has 0 aromatic heterocycles. The summed E-state index contributed by atoms with van der Waals surface area (Å²) in [5, 5.41) is 20.4. The van der Waals surface area contributed by atoms with E-state index in [1.807, 2.05) is 43.3 Å². The van der Waals surface area contributed by atoms with Gasteiger partial charge in [0.15, 0.2) is 0 Å². The molecule has 0 unspecified atom stereocenters. The maximum atomic E-state index is 14.4. The molecule has 0 aliphatic heterocycles. The Morgan fingerprint density at radius 2 is 1.74 bits per heavy atom. The molecule has 1 saturated carbocycles. The number of nitrogens with zero attached hydrogens (tertiary/aromatic N) is 1. The van der Waals surface area contributed by atoms with Crippen LogP contribution in [0.15, 0.2) is 78.0 Å². The second kappa shape index (κ2) is 11.9. The zero-order chi connectivity index (χ0) is 30.1. The van der Waals surface area contributed by atoms with Crippen LogP contribution in [-0.4, -0.2) is 28.8 Å². The number of carbonyl (C=O) groups is 2. The van der Waals surface area contributed by atoms with Crippen LogP contribution in [-0.2, 0) is 21.4 Å². The molecule has 2 amide bonds. The molecule has 0 radical (unpaired) electrons. The van der Waals surface area contributed by atoms with Crippen molar-refractivity contribution in [3.05, 3.63) is 100 Å². The number of hydrogen-bond acceptors (Lipinski definition) is 4. The Hall–Kier alpha value is -3.64. The van der Waals surface area contributed by atoms with E-state index in [0.717, 1.165) is 29.5 Å². The van der Waals surface area contributed by atoms with E-state index in [-0.39, 0.29) is 23.1 Å². The van der Waals surface area contributed by atoms with Crippen LogP contribution in [0.5, 0.6) is 0 Å². The van der Waals surface area contributed by atoms with Gasteiger partial charge in [-0.05, 0) is 71.4 Å². The van der Waals surface area contributed by atoms with E-state index in [9.17, 15) is 14.8 Å². The molecule has 0 spiro atoms. The number of rotatable bonds is 7. The number of oxime groups is 1. The summed E-state index contributed by atoms with van der Waals surface area (Å²) in [6.07, 6.45) is 3.32. The minimum Gasteiger partial charge on any atom is -0.411 e. The van der Waals surface area contributed by atoms with E-state index in [4.69, 9.17) is 11.6 Å². The molecule has 4 atom stereocenters. The van der Waals surface area contributed by atoms with Crippen LogP contribution in [0.25, 0.3) is 0 Å². The number of halogens is 1. The van der Waals surface area contributed by atoms with Crippen LogP contribution < -0.4 is 10.6 Å². The number of amides is 2. The van der Waals surface area contributed by atoms with Gasteiger partial charge >= 0.3 is 0 Å². The molecular weight excluding hydrogens is 546 g/mol. The summed E-state index contributed by atoms with van der Waals surface area (Å²) in [5.74, 6) is -0.240. The molecule has 1 fully saturated rings. The number of anilines is 1. The van der Waals surface area contributed by atoms with Crippen LogP contribution in [0.3, 0.4) is 0 Å². The number of hydrogen-bond donors (Lipinski definition) is 3. The topological polar surface area (TPSA) is 90.8 Å². The number of fused-ring (bicyclic) bond motifs is 3. The fraction of sp³-hybridized carbons (Fsp3) is 0.400. The Kier molecular flexibility index (Phi) is 8.47. The van der Waals surface area contributed by atoms with Gasteiger partial charge in [0, 0.05) is 12.0 Å². The van der Waals surface area contributed by atoms with Crippen molar-refractivity contribution in [2.75, 3.05) is 5.32 Å². The van der Waals surface area contributed by atoms with Gasteiger partial charge in [-0.15, -0.1) is 0 Å². The van der Waals surface area contributed by atoms with Gasteiger partial charge in [-0.1, -0.05) is 105 Å². The molecule has 42 heavy (non-hydrogen) atoms. The highest BCUT2D eigenvalue weighted by molar-refractivity contribution is 6.33. The lowest BCUT2D eigenvalue weighted by Crippen LogP contribution is -2.58. The van der Waals surface area contributed by atoms with Gasteiger partial charge in [0.1, 0.15) is 6.04 Å². The Bertz CT molecular complexity index is 1500. The maximum absolute atomic E-state index is 14.4. The molecule has 5 rings (SSSR count). The van der Waals surface area contributed by atoms with Crippen molar-refractivity contribution in [2.45, 2.75) is 77.2 Å². The second-order valence-electron chi connectivity index (χ2n) is 12.6. The van der Waals surface area contributed by atoms with Crippen molar-refractivity contribution < 1.29 is 14.8 Å². The predicted octanol–water partition coefficient (Wildman–Crippen LogP) is 7.48. The van der Waals surface area contributed by atoms with Crippen molar-refractivity contribution in [1.29, 1.82) is 0 Å². The first kappa shape index (κ1) is 29.8. The molecule has 3 N–H and O–H groups in total. The van der Waals surface area contributed by atoms with Crippen LogP contribution >= 0.6 is 11.6 Å². The second-order valence-corrected chi connectivity index (χ2v) is 13.0. The predicted molar refractivity (Wildman–Crippen MR) is 168 cm³/mol. The molecule has 0 bridgehead atoms. The molecule has 7 heteroatoms. The van der Waals surface area contributed by atoms with Crippen molar-refractivity contribution in [2.24, 2.45) is 16.5 Å². The standard InChI is InChI=1S/C35H40ClN3O3/c1-22(2)24-15-16-26-25(20-24)29(39-42)21-31-34(26,3)17-10-18-35(31,4)33(41)38-30(19-23-11-6-5-7-12-23)32(40)37-28-14-9-8-13-27(28)36/h5-9,11-16,20,22,30-31,42H,10,17-19,21H2,1-4H3,(H,37,40)(H,38,41)/b39-29-/t30-,31+,34+,35+/m0/s1. The minimum atomic E-state index is -0.809. The average Bonchev–Trinajstić information content (AvgIpc) is 2.98. The normalized spacial score (nSPS) is 24.9. The summed E-state index contributed by atoms with van der Waals surface area (Å²) in [6.45, 7) is 8.57. The van der Waals surface area contributed by atoms with Gasteiger partial charge in [0.05, 0.1) is 21.8 Å². The molecule has 3 aromatic rings. The van der Waals surface area contributed by atoms with Crippen LogP contribution in [0.4, 0.5) is 5.69 Å². The van der Waals surface area contributed by atoms with Crippen molar-refractivity contribution in [1.82, 2.24) is 5.32 Å². The monoisotopic (exact) mass is 585 g/mol. The first-order valence-corrected chi connectivity index (χ1v) is 15.2. The highest BCUT2D eigenvalue weighted by atomic mass is 35.5.